The quantitative estimate of drug-likeness (QED) is 0.734. The highest BCUT2D eigenvalue weighted by molar-refractivity contribution is 5.85. The topological polar surface area (TPSA) is 44.4 Å². The smallest absolute Gasteiger partial charge is 0.221 e. The largest absolute Gasteiger partial charge is 0.356 e. The Hall–Kier alpha value is -0.0300. The first-order valence-electron chi connectivity index (χ1n) is 7.57. The summed E-state index contributed by atoms with van der Waals surface area (Å²) in [4.78, 5) is 14.2. The molecule has 2 fully saturated rings. The molecule has 0 saturated carbocycles. The van der Waals surface area contributed by atoms with Crippen molar-refractivity contribution in [1.82, 2.24) is 15.5 Å². The number of likely N-dealkylation sites (tertiary alicyclic amines) is 1. The number of carbonyl (C=O) groups excluding carboxylic acids is 1. The lowest BCUT2D eigenvalue weighted by molar-refractivity contribution is -0.121. The van der Waals surface area contributed by atoms with Crippen molar-refractivity contribution in [2.24, 2.45) is 0 Å². The van der Waals surface area contributed by atoms with Crippen LogP contribution in [0.1, 0.15) is 44.9 Å². The standard InChI is InChI=1S/C14H27N3O.2ClH/c18-14(12-13-6-4-7-15-13)16-8-5-11-17-9-2-1-3-10-17;;/h13,15H,1-12H2,(H,16,18);2*1H. The molecule has 1 unspecified atom stereocenters. The van der Waals surface area contributed by atoms with Gasteiger partial charge in [-0.25, -0.2) is 0 Å². The van der Waals surface area contributed by atoms with E-state index in [0.29, 0.717) is 12.5 Å². The molecule has 2 aliphatic heterocycles. The maximum atomic E-state index is 11.7. The number of piperidine rings is 1. The van der Waals surface area contributed by atoms with Gasteiger partial charge in [0.25, 0.3) is 0 Å². The molecule has 2 rings (SSSR count). The van der Waals surface area contributed by atoms with E-state index in [9.17, 15) is 4.79 Å². The van der Waals surface area contributed by atoms with Gasteiger partial charge in [0.1, 0.15) is 0 Å². The molecule has 2 aliphatic rings. The summed E-state index contributed by atoms with van der Waals surface area (Å²) in [5, 5.41) is 6.40. The van der Waals surface area contributed by atoms with Crippen molar-refractivity contribution in [3.8, 4) is 0 Å². The van der Waals surface area contributed by atoms with Gasteiger partial charge >= 0.3 is 0 Å². The summed E-state index contributed by atoms with van der Waals surface area (Å²) in [6.07, 6.45) is 8.20. The molecule has 0 aromatic carbocycles. The van der Waals surface area contributed by atoms with Crippen LogP contribution in [0, 0.1) is 0 Å². The number of hydrogen-bond acceptors (Lipinski definition) is 3. The van der Waals surface area contributed by atoms with Gasteiger partial charge in [-0.3, -0.25) is 4.79 Å². The van der Waals surface area contributed by atoms with Crippen molar-refractivity contribution < 1.29 is 4.79 Å². The average Bonchev–Trinajstić information content (AvgIpc) is 2.89. The highest BCUT2D eigenvalue weighted by Crippen LogP contribution is 2.09. The summed E-state index contributed by atoms with van der Waals surface area (Å²) in [6, 6.07) is 0.423. The zero-order valence-corrected chi connectivity index (χ0v) is 13.9. The number of rotatable bonds is 6. The molecule has 0 aliphatic carbocycles. The first-order chi connectivity index (χ1) is 8.84. The minimum Gasteiger partial charge on any atom is -0.356 e. The minimum atomic E-state index is 0. The Balaban J connectivity index is 0.00000180. The SMILES string of the molecule is Cl.Cl.O=C(CC1CCCN1)NCCCN1CCCCC1. The molecule has 2 N–H and O–H groups in total. The zero-order valence-electron chi connectivity index (χ0n) is 12.2. The fraction of sp³-hybridized carbons (Fsp3) is 0.929. The van der Waals surface area contributed by atoms with Gasteiger partial charge in [0.2, 0.25) is 5.91 Å². The molecule has 1 atom stereocenters. The van der Waals surface area contributed by atoms with E-state index in [2.05, 4.69) is 15.5 Å². The van der Waals surface area contributed by atoms with E-state index in [1.165, 1.54) is 38.8 Å². The third kappa shape index (κ3) is 7.67. The first kappa shape index (κ1) is 20.0. The van der Waals surface area contributed by atoms with E-state index in [-0.39, 0.29) is 30.7 Å². The molecular formula is C14H29Cl2N3O. The number of nitrogens with zero attached hydrogens (tertiary/aromatic N) is 1. The molecule has 4 nitrogen and oxygen atoms in total. The molecule has 2 saturated heterocycles. The Kier molecular flexibility index (Phi) is 11.6. The molecule has 0 radical (unpaired) electrons. The number of hydrogen-bond donors (Lipinski definition) is 2. The van der Waals surface area contributed by atoms with E-state index in [0.717, 1.165) is 32.5 Å². The summed E-state index contributed by atoms with van der Waals surface area (Å²) in [5.74, 6) is 0.216. The summed E-state index contributed by atoms with van der Waals surface area (Å²) in [7, 11) is 0. The predicted octanol–water partition coefficient (Wildman–Crippen LogP) is 1.96. The van der Waals surface area contributed by atoms with Crippen LogP contribution in [0.4, 0.5) is 0 Å². The number of nitrogens with one attached hydrogen (secondary N) is 2. The Morgan fingerprint density at radius 1 is 1.15 bits per heavy atom. The summed E-state index contributed by atoms with van der Waals surface area (Å²) >= 11 is 0. The van der Waals surface area contributed by atoms with Crippen LogP contribution >= 0.6 is 24.8 Å². The van der Waals surface area contributed by atoms with Gasteiger partial charge in [-0.05, 0) is 58.3 Å². The minimum absolute atomic E-state index is 0. The van der Waals surface area contributed by atoms with E-state index in [4.69, 9.17) is 0 Å². The monoisotopic (exact) mass is 325 g/mol. The Morgan fingerprint density at radius 2 is 1.90 bits per heavy atom. The van der Waals surface area contributed by atoms with Crippen molar-refractivity contribution in [2.75, 3.05) is 32.7 Å². The Bertz CT molecular complexity index is 255. The van der Waals surface area contributed by atoms with Gasteiger partial charge < -0.3 is 15.5 Å². The lowest BCUT2D eigenvalue weighted by Gasteiger charge is -2.26. The summed E-state index contributed by atoms with van der Waals surface area (Å²) < 4.78 is 0. The predicted molar refractivity (Wildman–Crippen MR) is 88.1 cm³/mol. The van der Waals surface area contributed by atoms with Crippen molar-refractivity contribution in [3.63, 3.8) is 0 Å². The van der Waals surface area contributed by atoms with Crippen LogP contribution in [-0.2, 0) is 4.79 Å². The van der Waals surface area contributed by atoms with Crippen LogP contribution in [0.2, 0.25) is 0 Å². The molecule has 1 amide bonds. The van der Waals surface area contributed by atoms with Gasteiger partial charge in [0, 0.05) is 19.0 Å². The van der Waals surface area contributed by atoms with Gasteiger partial charge in [-0.2, -0.15) is 0 Å². The average molecular weight is 326 g/mol. The highest BCUT2D eigenvalue weighted by Gasteiger charge is 2.17. The molecule has 0 aromatic heterocycles. The highest BCUT2D eigenvalue weighted by atomic mass is 35.5. The van der Waals surface area contributed by atoms with Crippen LogP contribution < -0.4 is 10.6 Å². The molecule has 0 aromatic rings. The zero-order chi connectivity index (χ0) is 12.6. The van der Waals surface area contributed by atoms with Crippen LogP contribution in [0.5, 0.6) is 0 Å². The second kappa shape index (κ2) is 11.6. The molecule has 120 valence electrons. The number of amides is 1. The van der Waals surface area contributed by atoms with Gasteiger partial charge in [-0.1, -0.05) is 6.42 Å². The molecule has 0 spiro atoms. The van der Waals surface area contributed by atoms with E-state index < -0.39 is 0 Å². The molecule has 0 bridgehead atoms. The maximum absolute atomic E-state index is 11.7. The van der Waals surface area contributed by atoms with E-state index in [1.807, 2.05) is 0 Å². The van der Waals surface area contributed by atoms with Gasteiger partial charge in [0.15, 0.2) is 0 Å². The Labute approximate surface area is 135 Å². The lowest BCUT2D eigenvalue weighted by Crippen LogP contribution is -2.35. The maximum Gasteiger partial charge on any atom is 0.221 e. The third-order valence-electron chi connectivity index (χ3n) is 4.02. The molecule has 6 heteroatoms. The number of carbonyl (C=O) groups is 1. The van der Waals surface area contributed by atoms with Crippen LogP contribution in [-0.4, -0.2) is 49.6 Å². The lowest BCUT2D eigenvalue weighted by atomic mass is 10.1. The molecular weight excluding hydrogens is 297 g/mol. The fourth-order valence-corrected chi connectivity index (χ4v) is 2.94. The number of halogens is 2. The van der Waals surface area contributed by atoms with Crippen molar-refractivity contribution in [3.05, 3.63) is 0 Å². The molecule has 2 heterocycles. The van der Waals surface area contributed by atoms with Crippen molar-refractivity contribution in [2.45, 2.75) is 51.0 Å². The van der Waals surface area contributed by atoms with Crippen LogP contribution in [0.25, 0.3) is 0 Å². The third-order valence-corrected chi connectivity index (χ3v) is 4.02. The van der Waals surface area contributed by atoms with Crippen molar-refractivity contribution in [1.29, 1.82) is 0 Å². The summed E-state index contributed by atoms with van der Waals surface area (Å²) in [6.45, 7) is 5.55. The fourth-order valence-electron chi connectivity index (χ4n) is 2.94. The van der Waals surface area contributed by atoms with Gasteiger partial charge in [-0.15, -0.1) is 24.8 Å². The van der Waals surface area contributed by atoms with E-state index >= 15 is 0 Å². The Morgan fingerprint density at radius 3 is 2.55 bits per heavy atom. The second-order valence-corrected chi connectivity index (χ2v) is 5.60. The normalized spacial score (nSPS) is 22.7. The van der Waals surface area contributed by atoms with E-state index in [1.54, 1.807) is 0 Å². The van der Waals surface area contributed by atoms with Crippen LogP contribution in [0.15, 0.2) is 0 Å². The first-order valence-corrected chi connectivity index (χ1v) is 7.57. The van der Waals surface area contributed by atoms with Crippen LogP contribution in [0.3, 0.4) is 0 Å². The summed E-state index contributed by atoms with van der Waals surface area (Å²) in [5.41, 5.74) is 0. The van der Waals surface area contributed by atoms with Gasteiger partial charge in [0.05, 0.1) is 0 Å². The van der Waals surface area contributed by atoms with Crippen molar-refractivity contribution >= 4 is 30.7 Å². The second-order valence-electron chi connectivity index (χ2n) is 5.60. The molecule has 20 heavy (non-hydrogen) atoms.